The van der Waals surface area contributed by atoms with Crippen LogP contribution < -0.4 is 26.8 Å². The predicted molar refractivity (Wildman–Crippen MR) is 175 cm³/mol. The molecule has 3 rings (SSSR count). The number of piperazine rings is 1. The first-order valence-electron chi connectivity index (χ1n) is 15.6. The Labute approximate surface area is 278 Å². The number of nitro benzene ring substituents is 1. The molecule has 16 nitrogen and oxygen atoms in total. The molecule has 1 aliphatic rings. The van der Waals surface area contributed by atoms with Crippen LogP contribution in [0, 0.1) is 22.0 Å². The molecule has 1 aliphatic heterocycles. The molecule has 48 heavy (non-hydrogen) atoms. The maximum atomic E-state index is 13.6. The smallest absolute Gasteiger partial charge is 0.416 e. The number of nitrogens with zero attached hydrogens (tertiary/aromatic N) is 3. The first-order valence-corrected chi connectivity index (χ1v) is 15.6. The van der Waals surface area contributed by atoms with Gasteiger partial charge < -0.3 is 41.4 Å². The number of ether oxygens (including phenoxy) is 2. The lowest BCUT2D eigenvalue weighted by atomic mass is 9.90. The molecule has 2 unspecified atom stereocenters. The summed E-state index contributed by atoms with van der Waals surface area (Å²) in [5, 5.41) is 16.2. The second-order valence-corrected chi connectivity index (χ2v) is 11.9. The number of amides is 4. The lowest BCUT2D eigenvalue weighted by Crippen LogP contribution is -2.49. The topological polar surface area (TPSA) is 230 Å². The van der Waals surface area contributed by atoms with E-state index in [0.29, 0.717) is 43.9 Å². The molecule has 2 aromatic carbocycles. The first-order chi connectivity index (χ1) is 22.7. The zero-order valence-corrected chi connectivity index (χ0v) is 27.3. The molecule has 260 valence electrons. The Hall–Kier alpha value is -5.09. The number of ketones is 1. The molecule has 3 atom stereocenters. The standard InChI is InChI=1S/C32H43N7O9/c1-20(2)27(33)26(40)19-22(5-4-14-35-31(34)43)29(41)36-23-8-6-21(7-9-23)28(30(42)38-17-15-37(3)16-18-38)48-32(44)47-25-12-10-24(11-13-25)39(45)46/h6-13,20,22,27-28H,4-5,14-19,33H2,1-3H3,(H,36,41)(H3,34,35,43)/t22?,27-,28?/m0/s1. The van der Waals surface area contributed by atoms with E-state index in [1.165, 1.54) is 48.5 Å². The average Bonchev–Trinajstić information content (AvgIpc) is 3.05. The van der Waals surface area contributed by atoms with Crippen LogP contribution in [-0.2, 0) is 19.1 Å². The van der Waals surface area contributed by atoms with E-state index in [2.05, 4.69) is 15.5 Å². The number of nitrogens with one attached hydrogen (secondary N) is 2. The second-order valence-electron chi connectivity index (χ2n) is 11.9. The van der Waals surface area contributed by atoms with Crippen molar-refractivity contribution in [2.75, 3.05) is 45.1 Å². The summed E-state index contributed by atoms with van der Waals surface area (Å²) >= 11 is 0. The number of hydrogen-bond donors (Lipinski definition) is 4. The summed E-state index contributed by atoms with van der Waals surface area (Å²) in [6.45, 7) is 5.94. The normalized spacial score (nSPS) is 15.1. The third-order valence-corrected chi connectivity index (χ3v) is 7.92. The average molecular weight is 670 g/mol. The van der Waals surface area contributed by atoms with E-state index in [0.717, 1.165) is 0 Å². The number of carbonyl (C=O) groups is 5. The van der Waals surface area contributed by atoms with Gasteiger partial charge in [-0.2, -0.15) is 0 Å². The quantitative estimate of drug-likeness (QED) is 0.0708. The van der Waals surface area contributed by atoms with Crippen LogP contribution in [0.4, 0.5) is 21.0 Å². The fourth-order valence-electron chi connectivity index (χ4n) is 4.93. The number of hydrogen-bond acceptors (Lipinski definition) is 11. The molecule has 16 heteroatoms. The van der Waals surface area contributed by atoms with Gasteiger partial charge in [0, 0.05) is 68.4 Å². The summed E-state index contributed by atoms with van der Waals surface area (Å²) in [5.74, 6) is -2.01. The summed E-state index contributed by atoms with van der Waals surface area (Å²) < 4.78 is 10.7. The summed E-state index contributed by atoms with van der Waals surface area (Å²) in [6, 6.07) is 9.51. The number of nitrogens with two attached hydrogens (primary N) is 2. The molecule has 2 aromatic rings. The Morgan fingerprint density at radius 3 is 2.17 bits per heavy atom. The number of rotatable bonds is 15. The molecule has 1 saturated heterocycles. The Balaban J connectivity index is 1.76. The Morgan fingerprint density at radius 1 is 0.979 bits per heavy atom. The Kier molecular flexibility index (Phi) is 13.8. The largest absolute Gasteiger partial charge is 0.514 e. The van der Waals surface area contributed by atoms with Gasteiger partial charge in [0.2, 0.25) is 12.0 Å². The highest BCUT2D eigenvalue weighted by atomic mass is 16.7. The first kappa shape index (κ1) is 37.4. The van der Waals surface area contributed by atoms with E-state index in [1.54, 1.807) is 4.90 Å². The minimum absolute atomic E-state index is 0.0118. The van der Waals surface area contributed by atoms with Crippen LogP contribution in [0.3, 0.4) is 0 Å². The fraction of sp³-hybridized carbons (Fsp3) is 0.469. The maximum Gasteiger partial charge on any atom is 0.514 e. The molecule has 0 spiro atoms. The molecule has 4 amide bonds. The number of nitro groups is 1. The van der Waals surface area contributed by atoms with Crippen LogP contribution >= 0.6 is 0 Å². The number of benzene rings is 2. The lowest BCUT2D eigenvalue weighted by molar-refractivity contribution is -0.384. The number of non-ortho nitro benzene ring substituents is 1. The van der Waals surface area contributed by atoms with Crippen molar-refractivity contribution in [3.8, 4) is 5.75 Å². The van der Waals surface area contributed by atoms with Crippen LogP contribution in [0.15, 0.2) is 48.5 Å². The van der Waals surface area contributed by atoms with Gasteiger partial charge in [-0.25, -0.2) is 9.59 Å². The van der Waals surface area contributed by atoms with E-state index < -0.39 is 47.0 Å². The van der Waals surface area contributed by atoms with Crippen molar-refractivity contribution in [1.29, 1.82) is 0 Å². The van der Waals surface area contributed by atoms with Gasteiger partial charge in [0.1, 0.15) is 5.75 Å². The van der Waals surface area contributed by atoms with Gasteiger partial charge in [-0.05, 0) is 50.1 Å². The van der Waals surface area contributed by atoms with Crippen LogP contribution in [0.5, 0.6) is 5.75 Å². The van der Waals surface area contributed by atoms with E-state index in [-0.39, 0.29) is 42.5 Å². The van der Waals surface area contributed by atoms with Crippen molar-refractivity contribution in [2.45, 2.75) is 45.3 Å². The minimum Gasteiger partial charge on any atom is -0.416 e. The molecule has 1 heterocycles. The predicted octanol–water partition coefficient (Wildman–Crippen LogP) is 2.57. The molecule has 0 radical (unpaired) electrons. The molecular weight excluding hydrogens is 626 g/mol. The minimum atomic E-state index is -1.38. The molecule has 1 fully saturated rings. The van der Waals surface area contributed by atoms with Gasteiger partial charge >= 0.3 is 12.2 Å². The van der Waals surface area contributed by atoms with Gasteiger partial charge in [0.05, 0.1) is 11.0 Å². The number of anilines is 1. The highest BCUT2D eigenvalue weighted by molar-refractivity contribution is 5.96. The van der Waals surface area contributed by atoms with Crippen molar-refractivity contribution < 1.29 is 38.4 Å². The lowest BCUT2D eigenvalue weighted by Gasteiger charge is -2.34. The van der Waals surface area contributed by atoms with Gasteiger partial charge in [0.25, 0.3) is 11.6 Å². The third-order valence-electron chi connectivity index (χ3n) is 7.92. The maximum absolute atomic E-state index is 13.6. The zero-order valence-electron chi connectivity index (χ0n) is 27.3. The Morgan fingerprint density at radius 2 is 1.60 bits per heavy atom. The fourth-order valence-corrected chi connectivity index (χ4v) is 4.93. The van der Waals surface area contributed by atoms with Gasteiger partial charge in [-0.15, -0.1) is 0 Å². The van der Waals surface area contributed by atoms with Crippen molar-refractivity contribution in [3.05, 3.63) is 64.2 Å². The van der Waals surface area contributed by atoms with Crippen LogP contribution in [0.2, 0.25) is 0 Å². The summed E-state index contributed by atoms with van der Waals surface area (Å²) in [5.41, 5.74) is 11.6. The third kappa shape index (κ3) is 11.3. The SMILES string of the molecule is CC(C)[C@H](N)C(=O)CC(CCCNC(N)=O)C(=O)Nc1ccc(C(OC(=O)Oc2ccc([N+](=O)[O-])cc2)C(=O)N2CCN(C)CC2)cc1. The number of carbonyl (C=O) groups excluding carboxylic acids is 5. The number of primary amides is 1. The number of Topliss-reactive ketones (excluding diaryl/α,β-unsaturated/α-hetero) is 1. The van der Waals surface area contributed by atoms with Gasteiger partial charge in [-0.3, -0.25) is 24.5 Å². The second kappa shape index (κ2) is 17.7. The Bertz CT molecular complexity index is 1440. The van der Waals surface area contributed by atoms with Crippen molar-refractivity contribution in [3.63, 3.8) is 0 Å². The van der Waals surface area contributed by atoms with E-state index in [4.69, 9.17) is 20.9 Å². The molecule has 0 saturated carbocycles. The summed E-state index contributed by atoms with van der Waals surface area (Å²) in [6.07, 6.45) is -1.98. The highest BCUT2D eigenvalue weighted by Gasteiger charge is 2.32. The molecule has 0 aromatic heterocycles. The van der Waals surface area contributed by atoms with Gasteiger partial charge in [-0.1, -0.05) is 26.0 Å². The van der Waals surface area contributed by atoms with Gasteiger partial charge in [0.15, 0.2) is 5.78 Å². The van der Waals surface area contributed by atoms with Crippen LogP contribution in [0.1, 0.15) is 44.8 Å². The van der Waals surface area contributed by atoms with E-state index in [9.17, 15) is 34.1 Å². The van der Waals surface area contributed by atoms with E-state index in [1.807, 2.05) is 20.9 Å². The highest BCUT2D eigenvalue weighted by Crippen LogP contribution is 2.26. The van der Waals surface area contributed by atoms with E-state index >= 15 is 0 Å². The number of likely N-dealkylation sites (N-methyl/N-ethyl adjacent to an activating group) is 1. The molecular formula is C32H43N7O9. The monoisotopic (exact) mass is 669 g/mol. The summed E-state index contributed by atoms with van der Waals surface area (Å²) in [4.78, 5) is 77.5. The van der Waals surface area contributed by atoms with Crippen molar-refractivity contribution in [2.24, 2.45) is 23.3 Å². The zero-order chi connectivity index (χ0) is 35.4. The molecule has 6 N–H and O–H groups in total. The van der Waals surface area contributed by atoms with Crippen LogP contribution in [0.25, 0.3) is 0 Å². The molecule has 0 bridgehead atoms. The van der Waals surface area contributed by atoms with Crippen molar-refractivity contribution >= 4 is 41.2 Å². The van der Waals surface area contributed by atoms with Crippen molar-refractivity contribution in [1.82, 2.24) is 15.1 Å². The summed E-state index contributed by atoms with van der Waals surface area (Å²) in [7, 11) is 1.93. The molecule has 0 aliphatic carbocycles. The van der Waals surface area contributed by atoms with Crippen LogP contribution in [-0.4, -0.2) is 90.3 Å². The number of urea groups is 1.